The van der Waals surface area contributed by atoms with E-state index in [1.54, 1.807) is 6.92 Å². The van der Waals surface area contributed by atoms with Crippen molar-refractivity contribution in [3.05, 3.63) is 71.3 Å². The molecule has 9 heteroatoms. The van der Waals surface area contributed by atoms with Crippen LogP contribution in [0.25, 0.3) is 0 Å². The second-order valence-electron chi connectivity index (χ2n) is 7.87. The van der Waals surface area contributed by atoms with Crippen molar-refractivity contribution in [2.24, 2.45) is 0 Å². The molecule has 32 heavy (non-hydrogen) atoms. The molecule has 0 radical (unpaired) electrons. The van der Waals surface area contributed by atoms with Crippen LogP contribution in [0.3, 0.4) is 0 Å². The van der Waals surface area contributed by atoms with Crippen LogP contribution in [0, 0.1) is 0 Å². The summed E-state index contributed by atoms with van der Waals surface area (Å²) in [5.74, 6) is -8.16. The van der Waals surface area contributed by atoms with Crippen LogP contribution < -0.4 is 0 Å². The molecule has 5 unspecified atom stereocenters. The van der Waals surface area contributed by atoms with Crippen molar-refractivity contribution >= 4 is 11.8 Å². The third-order valence-corrected chi connectivity index (χ3v) is 6.79. The summed E-state index contributed by atoms with van der Waals surface area (Å²) in [5, 5.41) is 29.5. The van der Waals surface area contributed by atoms with E-state index in [0.717, 1.165) is 24.3 Å². The lowest BCUT2D eigenvalue weighted by Gasteiger charge is -2.39. The molecule has 0 amide bonds. The van der Waals surface area contributed by atoms with Crippen LogP contribution in [-0.2, 0) is 23.0 Å². The highest BCUT2D eigenvalue weighted by Gasteiger charge is 2.58. The first-order valence-corrected chi connectivity index (χ1v) is 11.3. The zero-order valence-corrected chi connectivity index (χ0v) is 18.2. The van der Waals surface area contributed by atoms with Gasteiger partial charge in [0, 0.05) is 11.1 Å². The minimum absolute atomic E-state index is 0.511. The van der Waals surface area contributed by atoms with Gasteiger partial charge < -0.3 is 20.1 Å². The molecule has 1 fully saturated rings. The van der Waals surface area contributed by atoms with Crippen molar-refractivity contribution in [1.82, 2.24) is 0 Å². The number of halogens is 4. The van der Waals surface area contributed by atoms with Gasteiger partial charge in [-0.25, -0.2) is 0 Å². The summed E-state index contributed by atoms with van der Waals surface area (Å²) in [6.07, 6.45) is -3.17. The molecule has 0 bridgehead atoms. The van der Waals surface area contributed by atoms with Crippen molar-refractivity contribution in [3.8, 4) is 0 Å². The van der Waals surface area contributed by atoms with Gasteiger partial charge in [-0.1, -0.05) is 54.6 Å². The molecule has 4 nitrogen and oxygen atoms in total. The smallest absolute Gasteiger partial charge is 0.339 e. The number of ether oxygens (including phenoxy) is 1. The van der Waals surface area contributed by atoms with Gasteiger partial charge >= 0.3 is 11.8 Å². The lowest BCUT2D eigenvalue weighted by atomic mass is 9.95. The molecule has 1 aliphatic rings. The Morgan fingerprint density at radius 3 is 1.97 bits per heavy atom. The number of alkyl halides is 4. The summed E-state index contributed by atoms with van der Waals surface area (Å²) in [6, 6.07) is 10.9. The van der Waals surface area contributed by atoms with Crippen LogP contribution in [0.1, 0.15) is 30.0 Å². The van der Waals surface area contributed by atoms with Gasteiger partial charge in [-0.2, -0.15) is 17.6 Å². The average molecular weight is 475 g/mol. The van der Waals surface area contributed by atoms with Crippen molar-refractivity contribution in [2.75, 3.05) is 5.75 Å². The topological polar surface area (TPSA) is 69.9 Å². The number of aryl methyl sites for hydroxylation is 1. The third-order valence-electron chi connectivity index (χ3n) is 5.55. The molecule has 1 aliphatic heterocycles. The first kappa shape index (κ1) is 25.0. The Morgan fingerprint density at radius 2 is 1.38 bits per heavy atom. The van der Waals surface area contributed by atoms with E-state index in [0.29, 0.717) is 24.2 Å². The van der Waals surface area contributed by atoms with Crippen LogP contribution in [0.15, 0.2) is 54.6 Å². The summed E-state index contributed by atoms with van der Waals surface area (Å²) in [7, 11) is 0. The average Bonchev–Trinajstić information content (AvgIpc) is 2.79. The normalized spacial score (nSPS) is 26.8. The fourth-order valence-electron chi connectivity index (χ4n) is 3.52. The largest absolute Gasteiger partial charge is 0.388 e. The predicted molar refractivity (Wildman–Crippen MR) is 114 cm³/mol. The van der Waals surface area contributed by atoms with Gasteiger partial charge in [0.2, 0.25) is 0 Å². The quantitative estimate of drug-likeness (QED) is 0.398. The SMILES string of the molecule is CC1OC(SCCCc2ccc(C(F)(F)C(F)(F)c3ccccc3)cc2)C(O)C(O)C1O. The fraction of sp³-hybridized carbons (Fsp3) is 0.478. The summed E-state index contributed by atoms with van der Waals surface area (Å²) in [6.45, 7) is 1.60. The van der Waals surface area contributed by atoms with Crippen LogP contribution in [-0.4, -0.2) is 50.9 Å². The molecule has 0 spiro atoms. The number of thioether (sulfide) groups is 1. The maximum Gasteiger partial charge on any atom is 0.339 e. The number of rotatable bonds is 8. The van der Waals surface area contributed by atoms with Gasteiger partial charge in [-0.15, -0.1) is 11.8 Å². The Bertz CT molecular complexity index is 866. The van der Waals surface area contributed by atoms with Crippen LogP contribution in [0.5, 0.6) is 0 Å². The van der Waals surface area contributed by atoms with E-state index in [9.17, 15) is 32.9 Å². The number of hydrogen-bond donors (Lipinski definition) is 3. The highest BCUT2D eigenvalue weighted by atomic mass is 32.2. The lowest BCUT2D eigenvalue weighted by molar-refractivity contribution is -0.223. The van der Waals surface area contributed by atoms with Gasteiger partial charge in [-0.05, 0) is 31.1 Å². The minimum Gasteiger partial charge on any atom is -0.388 e. The zero-order chi connectivity index (χ0) is 23.5. The Balaban J connectivity index is 1.55. The van der Waals surface area contributed by atoms with E-state index in [1.165, 1.54) is 42.1 Å². The molecular weight excluding hydrogens is 448 g/mol. The maximum atomic E-state index is 14.6. The highest BCUT2D eigenvalue weighted by Crippen LogP contribution is 2.49. The first-order chi connectivity index (χ1) is 15.1. The van der Waals surface area contributed by atoms with Crippen LogP contribution >= 0.6 is 11.8 Å². The molecule has 3 rings (SSSR count). The van der Waals surface area contributed by atoms with Gasteiger partial charge in [0.15, 0.2) is 0 Å². The molecule has 1 heterocycles. The molecule has 2 aromatic carbocycles. The number of aliphatic hydroxyl groups excluding tert-OH is 3. The second kappa shape index (κ2) is 10.1. The number of hydrogen-bond acceptors (Lipinski definition) is 5. The summed E-state index contributed by atoms with van der Waals surface area (Å²) >= 11 is 1.28. The molecular formula is C23H26F4O4S. The monoisotopic (exact) mass is 474 g/mol. The first-order valence-electron chi connectivity index (χ1n) is 10.3. The molecule has 176 valence electrons. The van der Waals surface area contributed by atoms with Crippen molar-refractivity contribution in [3.63, 3.8) is 0 Å². The van der Waals surface area contributed by atoms with Crippen molar-refractivity contribution < 1.29 is 37.6 Å². The lowest BCUT2D eigenvalue weighted by Crippen LogP contribution is -2.55. The summed E-state index contributed by atoms with van der Waals surface area (Å²) < 4.78 is 63.5. The molecule has 0 aromatic heterocycles. The van der Waals surface area contributed by atoms with Crippen LogP contribution in [0.4, 0.5) is 17.6 Å². The van der Waals surface area contributed by atoms with Gasteiger partial charge in [0.1, 0.15) is 23.7 Å². The van der Waals surface area contributed by atoms with Crippen molar-refractivity contribution in [2.45, 2.75) is 61.5 Å². The van der Waals surface area contributed by atoms with E-state index in [2.05, 4.69) is 0 Å². The molecule has 5 atom stereocenters. The van der Waals surface area contributed by atoms with E-state index in [4.69, 9.17) is 4.74 Å². The molecule has 1 saturated heterocycles. The van der Waals surface area contributed by atoms with Crippen molar-refractivity contribution in [1.29, 1.82) is 0 Å². The maximum absolute atomic E-state index is 14.6. The second-order valence-corrected chi connectivity index (χ2v) is 9.07. The van der Waals surface area contributed by atoms with Crippen LogP contribution in [0.2, 0.25) is 0 Å². The highest BCUT2D eigenvalue weighted by molar-refractivity contribution is 7.99. The molecule has 0 saturated carbocycles. The van der Waals surface area contributed by atoms with Gasteiger partial charge in [0.05, 0.1) is 6.10 Å². The van der Waals surface area contributed by atoms with Gasteiger partial charge in [0.25, 0.3) is 0 Å². The predicted octanol–water partition coefficient (Wildman–Crippen LogP) is 4.06. The zero-order valence-electron chi connectivity index (χ0n) is 17.4. The Kier molecular flexibility index (Phi) is 7.88. The van der Waals surface area contributed by atoms with E-state index in [1.807, 2.05) is 0 Å². The van der Waals surface area contributed by atoms with E-state index < -0.39 is 52.8 Å². The Hall–Kier alpha value is -1.65. The number of benzene rings is 2. The van der Waals surface area contributed by atoms with Gasteiger partial charge in [-0.3, -0.25) is 0 Å². The van der Waals surface area contributed by atoms with E-state index in [-0.39, 0.29) is 0 Å². The summed E-state index contributed by atoms with van der Waals surface area (Å²) in [4.78, 5) is 0. The summed E-state index contributed by atoms with van der Waals surface area (Å²) in [5.41, 5.74) is -1.48. The molecule has 3 N–H and O–H groups in total. The fourth-order valence-corrected chi connectivity index (χ4v) is 4.67. The minimum atomic E-state index is -4.36. The Labute approximate surface area is 188 Å². The van der Waals surface area contributed by atoms with E-state index >= 15 is 0 Å². The third kappa shape index (κ3) is 5.12. The number of aliphatic hydroxyl groups is 3. The molecule has 2 aromatic rings. The standard InChI is InChI=1S/C23H26F4O4S/c1-14-18(28)19(29)20(30)21(31-14)32-13-5-6-15-9-11-17(12-10-15)23(26,27)22(24,25)16-7-3-2-4-8-16/h2-4,7-12,14,18-21,28-30H,5-6,13H2,1H3. The molecule has 0 aliphatic carbocycles. The Morgan fingerprint density at radius 1 is 0.812 bits per heavy atom.